The van der Waals surface area contributed by atoms with Crippen LogP contribution in [0.5, 0.6) is 0 Å². The number of hydrogen-bond donors (Lipinski definition) is 3. The van der Waals surface area contributed by atoms with E-state index in [1.54, 1.807) is 6.20 Å². The molecule has 0 spiro atoms. The van der Waals surface area contributed by atoms with Gasteiger partial charge in [-0.25, -0.2) is 22.7 Å². The summed E-state index contributed by atoms with van der Waals surface area (Å²) in [7, 11) is -3.17. The molecule has 17 heteroatoms. The molecule has 2 atom stereocenters. The Balaban J connectivity index is 0.000000362. The molecule has 3 heterocycles. The zero-order valence-electron chi connectivity index (χ0n) is 18.1. The lowest BCUT2D eigenvalue weighted by atomic mass is 9.81. The monoisotopic (exact) mass is 539 g/mol. The summed E-state index contributed by atoms with van der Waals surface area (Å²) in [6, 6.07) is 5.92. The maximum absolute atomic E-state index is 11.4. The van der Waals surface area contributed by atoms with Crippen LogP contribution in [0, 0.1) is 11.3 Å². The lowest BCUT2D eigenvalue weighted by Gasteiger charge is -2.27. The summed E-state index contributed by atoms with van der Waals surface area (Å²) in [5.74, 6) is -5.13. The normalized spacial score (nSPS) is 22.3. The average Bonchev–Trinajstić information content (AvgIpc) is 3.23. The topological polar surface area (TPSA) is 146 Å². The first-order valence-corrected chi connectivity index (χ1v) is 11.5. The van der Waals surface area contributed by atoms with E-state index in [2.05, 4.69) is 14.6 Å². The number of fused-ring (bicyclic) bond motifs is 1. The first-order valence-electron chi connectivity index (χ1n) is 9.60. The van der Waals surface area contributed by atoms with E-state index in [9.17, 15) is 34.8 Å². The zero-order chi connectivity index (χ0) is 27.1. The summed E-state index contributed by atoms with van der Waals surface area (Å²) in [4.78, 5) is 24.5. The predicted molar refractivity (Wildman–Crippen MR) is 106 cm³/mol. The summed E-state index contributed by atoms with van der Waals surface area (Å²) in [5, 5.41) is 14.2. The van der Waals surface area contributed by atoms with Crippen LogP contribution in [0.15, 0.2) is 24.4 Å². The number of ether oxygens (including phenoxy) is 1. The van der Waals surface area contributed by atoms with Gasteiger partial charge in [0.15, 0.2) is 0 Å². The van der Waals surface area contributed by atoms with Crippen molar-refractivity contribution < 1.29 is 59.3 Å². The van der Waals surface area contributed by atoms with E-state index in [0.717, 1.165) is 25.3 Å². The molecule has 0 radical (unpaired) electrons. The molecule has 0 aromatic carbocycles. The molecular weight excluding hydrogens is 516 g/mol. The average molecular weight is 539 g/mol. The summed E-state index contributed by atoms with van der Waals surface area (Å²) in [5.41, 5.74) is 0.947. The molecule has 1 aromatic rings. The van der Waals surface area contributed by atoms with Crippen molar-refractivity contribution in [1.82, 2.24) is 14.6 Å². The SMILES string of the molecule is CS(=O)(=O)NC[C@]12COC[C@H]1CN(Cc1ccccn1)C2.O=C(O)C(F)(F)F.O=C(O)C(F)(F)F. The molecule has 0 saturated carbocycles. The van der Waals surface area contributed by atoms with Crippen LogP contribution in [-0.4, -0.2) is 91.9 Å². The molecule has 0 amide bonds. The Bertz CT molecular complexity index is 936. The molecule has 3 rings (SSSR count). The lowest BCUT2D eigenvalue weighted by molar-refractivity contribution is -0.193. The minimum atomic E-state index is -5.08. The number of hydrogen-bond acceptors (Lipinski definition) is 7. The highest BCUT2D eigenvalue weighted by Gasteiger charge is 2.50. The predicted octanol–water partition coefficient (Wildman–Crippen LogP) is 1.35. The number of aliphatic carboxylic acids is 2. The highest BCUT2D eigenvalue weighted by Crippen LogP contribution is 2.41. The standard InChI is InChI=1S/C14H21N3O3S.2C2HF3O2/c1-21(18,19)16-9-14-10-17(6-12(14)8-20-11-14)7-13-4-2-3-5-15-13;2*3-2(4,5)1(6)7/h2-5,12,16H,6-11H2,1H3;2*(H,6,7)/t12-,14+;;/m1../s1. The van der Waals surface area contributed by atoms with E-state index < -0.39 is 34.3 Å². The molecule has 10 nitrogen and oxygen atoms in total. The van der Waals surface area contributed by atoms with E-state index in [1.807, 2.05) is 18.2 Å². The fourth-order valence-electron chi connectivity index (χ4n) is 3.31. The number of nitrogens with one attached hydrogen (secondary N) is 1. The van der Waals surface area contributed by atoms with Gasteiger partial charge < -0.3 is 14.9 Å². The Hall–Kier alpha value is -2.50. The number of pyridine rings is 1. The molecule has 2 saturated heterocycles. The Labute approximate surface area is 195 Å². The summed E-state index contributed by atoms with van der Waals surface area (Å²) >= 11 is 0. The van der Waals surface area contributed by atoms with Gasteiger partial charge in [-0.2, -0.15) is 26.3 Å². The van der Waals surface area contributed by atoms with Gasteiger partial charge >= 0.3 is 24.3 Å². The van der Waals surface area contributed by atoms with Gasteiger partial charge in [-0.05, 0) is 12.1 Å². The van der Waals surface area contributed by atoms with Gasteiger partial charge in [0.25, 0.3) is 0 Å². The number of sulfonamides is 1. The van der Waals surface area contributed by atoms with E-state index in [-0.39, 0.29) is 5.41 Å². The Morgan fingerprint density at radius 3 is 2.14 bits per heavy atom. The first-order chi connectivity index (χ1) is 15.9. The van der Waals surface area contributed by atoms with Crippen molar-refractivity contribution in [2.45, 2.75) is 18.9 Å². The summed E-state index contributed by atoms with van der Waals surface area (Å²) in [6.07, 6.45) is -7.16. The van der Waals surface area contributed by atoms with E-state index >= 15 is 0 Å². The fraction of sp³-hybridized carbons (Fsp3) is 0.611. The van der Waals surface area contributed by atoms with Crippen LogP contribution in [0.1, 0.15) is 5.69 Å². The van der Waals surface area contributed by atoms with Crippen LogP contribution < -0.4 is 4.72 Å². The molecular formula is C18H23F6N3O7S. The minimum absolute atomic E-state index is 0.0993. The fourth-order valence-corrected chi connectivity index (χ4v) is 3.86. The zero-order valence-corrected chi connectivity index (χ0v) is 19.0. The number of halogens is 6. The van der Waals surface area contributed by atoms with Crippen molar-refractivity contribution in [1.29, 1.82) is 0 Å². The Morgan fingerprint density at radius 2 is 1.71 bits per heavy atom. The maximum Gasteiger partial charge on any atom is 0.490 e. The third kappa shape index (κ3) is 10.7. The van der Waals surface area contributed by atoms with Crippen molar-refractivity contribution in [3.63, 3.8) is 0 Å². The number of carboxylic acids is 2. The van der Waals surface area contributed by atoms with E-state index in [4.69, 9.17) is 24.5 Å². The van der Waals surface area contributed by atoms with Crippen molar-refractivity contribution in [3.05, 3.63) is 30.1 Å². The van der Waals surface area contributed by atoms with Crippen molar-refractivity contribution in [2.24, 2.45) is 11.3 Å². The molecule has 1 aromatic heterocycles. The van der Waals surface area contributed by atoms with Crippen LogP contribution >= 0.6 is 0 Å². The molecule has 2 fully saturated rings. The molecule has 0 aliphatic carbocycles. The van der Waals surface area contributed by atoms with Crippen molar-refractivity contribution >= 4 is 22.0 Å². The van der Waals surface area contributed by atoms with Crippen LogP contribution in [0.2, 0.25) is 0 Å². The Morgan fingerprint density at radius 1 is 1.17 bits per heavy atom. The second-order valence-electron chi connectivity index (χ2n) is 7.76. The van der Waals surface area contributed by atoms with Gasteiger partial charge in [-0.15, -0.1) is 0 Å². The second kappa shape index (κ2) is 12.0. The van der Waals surface area contributed by atoms with Gasteiger partial charge in [0.1, 0.15) is 0 Å². The Kier molecular flexibility index (Phi) is 10.4. The van der Waals surface area contributed by atoms with Gasteiger partial charge in [0.05, 0.1) is 25.2 Å². The van der Waals surface area contributed by atoms with E-state index in [0.29, 0.717) is 25.7 Å². The number of carbonyl (C=O) groups is 2. The number of rotatable bonds is 5. The van der Waals surface area contributed by atoms with E-state index in [1.165, 1.54) is 6.26 Å². The molecule has 35 heavy (non-hydrogen) atoms. The van der Waals surface area contributed by atoms with Crippen LogP contribution in [0.25, 0.3) is 0 Å². The van der Waals surface area contributed by atoms with Crippen LogP contribution in [0.4, 0.5) is 26.3 Å². The quantitative estimate of drug-likeness (QED) is 0.472. The van der Waals surface area contributed by atoms with Gasteiger partial charge in [0.2, 0.25) is 10.0 Å². The third-order valence-electron chi connectivity index (χ3n) is 4.87. The lowest BCUT2D eigenvalue weighted by Crippen LogP contribution is -2.42. The first kappa shape index (κ1) is 30.5. The second-order valence-corrected chi connectivity index (χ2v) is 9.60. The molecule has 3 N–H and O–H groups in total. The minimum Gasteiger partial charge on any atom is -0.475 e. The number of nitrogens with zero attached hydrogens (tertiary/aromatic N) is 2. The number of alkyl halides is 6. The maximum atomic E-state index is 11.4. The van der Waals surface area contributed by atoms with Gasteiger partial charge in [-0.1, -0.05) is 6.07 Å². The van der Waals surface area contributed by atoms with Crippen LogP contribution in [0.3, 0.4) is 0 Å². The highest BCUT2D eigenvalue weighted by molar-refractivity contribution is 7.88. The van der Waals surface area contributed by atoms with Crippen molar-refractivity contribution in [2.75, 3.05) is 39.1 Å². The van der Waals surface area contributed by atoms with Crippen LogP contribution in [-0.2, 0) is 30.9 Å². The third-order valence-corrected chi connectivity index (χ3v) is 5.54. The largest absolute Gasteiger partial charge is 0.490 e. The summed E-state index contributed by atoms with van der Waals surface area (Å²) < 4.78 is 94.5. The molecule has 2 aliphatic rings. The van der Waals surface area contributed by atoms with Crippen molar-refractivity contribution in [3.8, 4) is 0 Å². The van der Waals surface area contributed by atoms with Gasteiger partial charge in [0, 0.05) is 43.7 Å². The summed E-state index contributed by atoms with van der Waals surface area (Å²) in [6.45, 7) is 4.37. The molecule has 0 unspecified atom stereocenters. The smallest absolute Gasteiger partial charge is 0.475 e. The number of likely N-dealkylation sites (tertiary alicyclic amines) is 1. The highest BCUT2D eigenvalue weighted by atomic mass is 32.2. The number of aromatic nitrogens is 1. The molecule has 2 aliphatic heterocycles. The molecule has 0 bridgehead atoms. The number of carboxylic acid groups (broad SMARTS) is 2. The molecule has 200 valence electrons. The van der Waals surface area contributed by atoms with Gasteiger partial charge in [-0.3, -0.25) is 9.88 Å².